The van der Waals surface area contributed by atoms with Gasteiger partial charge in [0.1, 0.15) is 17.3 Å². The molecule has 0 heterocycles. The molecule has 1 amide bonds. The molecule has 0 saturated heterocycles. The van der Waals surface area contributed by atoms with Crippen LogP contribution in [0.1, 0.15) is 11.1 Å². The fraction of sp³-hybridized carbons (Fsp3) is 0.0714. The Labute approximate surface area is 207 Å². The monoisotopic (exact) mass is 484 g/mol. The van der Waals surface area contributed by atoms with E-state index < -0.39 is 0 Å². The maximum atomic E-state index is 13.9. The van der Waals surface area contributed by atoms with Gasteiger partial charge >= 0.3 is 0 Å². The lowest BCUT2D eigenvalue weighted by Crippen LogP contribution is -2.14. The molecule has 4 rings (SSSR count). The van der Waals surface area contributed by atoms with Crippen molar-refractivity contribution in [1.29, 1.82) is 5.26 Å². The van der Waals surface area contributed by atoms with Crippen LogP contribution in [-0.4, -0.2) is 13.0 Å². The number of rotatable bonds is 8. The molecule has 0 spiro atoms. The van der Waals surface area contributed by atoms with Crippen LogP contribution in [0.5, 0.6) is 11.5 Å². The van der Waals surface area contributed by atoms with Crippen LogP contribution in [0.2, 0.25) is 0 Å². The summed E-state index contributed by atoms with van der Waals surface area (Å²) >= 11 is 1.01. The van der Waals surface area contributed by atoms with E-state index in [9.17, 15) is 14.4 Å². The van der Waals surface area contributed by atoms with E-state index in [4.69, 9.17) is 4.74 Å². The molecule has 174 valence electrons. The summed E-state index contributed by atoms with van der Waals surface area (Å²) in [5.74, 6) is 0.363. The summed E-state index contributed by atoms with van der Waals surface area (Å²) in [7, 11) is 1.88. The van der Waals surface area contributed by atoms with E-state index in [0.717, 1.165) is 22.4 Å². The molecule has 5 nitrogen and oxygen atoms in total. The van der Waals surface area contributed by atoms with Crippen LogP contribution < -0.4 is 14.8 Å². The van der Waals surface area contributed by atoms with Gasteiger partial charge in [-0.3, -0.25) is 4.79 Å². The van der Waals surface area contributed by atoms with Gasteiger partial charge in [-0.1, -0.05) is 30.3 Å². The quantitative estimate of drug-likeness (QED) is 0.251. The molecule has 4 aromatic rings. The average molecular weight is 485 g/mol. The topological polar surface area (TPSA) is 74.2 Å². The van der Waals surface area contributed by atoms with Crippen LogP contribution in [0.3, 0.4) is 0 Å². The van der Waals surface area contributed by atoms with E-state index in [1.54, 1.807) is 54.6 Å². The van der Waals surface area contributed by atoms with Crippen molar-refractivity contribution in [2.45, 2.75) is 11.3 Å². The highest BCUT2D eigenvalue weighted by Gasteiger charge is 2.13. The van der Waals surface area contributed by atoms with E-state index in [2.05, 4.69) is 16.1 Å². The number of benzene rings is 4. The molecule has 0 aliphatic rings. The molecule has 0 bridgehead atoms. The maximum Gasteiger partial charge on any atom is 0.228 e. The predicted molar refractivity (Wildman–Crippen MR) is 138 cm³/mol. The van der Waals surface area contributed by atoms with Crippen molar-refractivity contribution < 1.29 is 13.9 Å². The summed E-state index contributed by atoms with van der Waals surface area (Å²) < 4.78 is 23.1. The Morgan fingerprint density at radius 3 is 2.54 bits per heavy atom. The number of halogens is 1. The third-order valence-corrected chi connectivity index (χ3v) is 5.91. The standard InChI is InChI=1S/C28H22FN3O2S/c1-31-35-25-11-8-19(9-12-25)15-28(33)32-23-10-13-26(21-5-3-6-22(29)16-21)27(17-23)34-24-7-2-4-20(14-24)18-30/h2-14,16-17,31H,15H2,1H3,(H,32,33)/p+1. The van der Waals surface area contributed by atoms with Crippen molar-refractivity contribution in [3.8, 4) is 28.7 Å². The average Bonchev–Trinajstić information content (AvgIpc) is 2.86. The van der Waals surface area contributed by atoms with E-state index in [-0.39, 0.29) is 18.1 Å². The zero-order valence-electron chi connectivity index (χ0n) is 19.0. The first-order chi connectivity index (χ1) is 17.0. The Morgan fingerprint density at radius 1 is 1.00 bits per heavy atom. The van der Waals surface area contributed by atoms with Crippen molar-refractivity contribution in [2.24, 2.45) is 0 Å². The Kier molecular flexibility index (Phi) is 7.78. The minimum atomic E-state index is -0.363. The number of nitriles is 1. The third kappa shape index (κ3) is 6.48. The van der Waals surface area contributed by atoms with E-state index in [0.29, 0.717) is 33.9 Å². The highest BCUT2D eigenvalue weighted by Crippen LogP contribution is 2.36. The summed E-state index contributed by atoms with van der Waals surface area (Å²) in [5, 5.41) is 12.1. The Balaban J connectivity index is 1.58. The van der Waals surface area contributed by atoms with Gasteiger partial charge in [-0.05, 0) is 65.7 Å². The first-order valence-electron chi connectivity index (χ1n) is 10.9. The second kappa shape index (κ2) is 11.3. The van der Waals surface area contributed by atoms with Crippen LogP contribution in [0, 0.1) is 17.1 Å². The highest BCUT2D eigenvalue weighted by molar-refractivity contribution is 7.76. The van der Waals surface area contributed by atoms with Gasteiger partial charge in [0.05, 0.1) is 30.0 Å². The predicted octanol–water partition coefficient (Wildman–Crippen LogP) is 5.65. The van der Waals surface area contributed by atoms with Crippen molar-refractivity contribution in [3.63, 3.8) is 0 Å². The summed E-state index contributed by atoms with van der Waals surface area (Å²) in [6.07, 6.45) is 0.225. The number of carbonyl (C=O) groups excluding carboxylic acids is 1. The molecule has 7 heteroatoms. The van der Waals surface area contributed by atoms with E-state index in [1.807, 2.05) is 31.3 Å². The van der Waals surface area contributed by atoms with Gasteiger partial charge in [-0.2, -0.15) is 5.26 Å². The first kappa shape index (κ1) is 24.0. The molecule has 0 saturated carbocycles. The molecule has 4 aromatic carbocycles. The fourth-order valence-electron chi connectivity index (χ4n) is 3.54. The summed E-state index contributed by atoms with van der Waals surface area (Å²) in [4.78, 5) is 13.8. The molecule has 0 fully saturated rings. The molecule has 0 radical (unpaired) electrons. The summed E-state index contributed by atoms with van der Waals surface area (Å²) in [5.41, 5.74) is 3.20. The second-order valence-electron chi connectivity index (χ2n) is 7.69. The third-order valence-electron chi connectivity index (χ3n) is 5.13. The maximum absolute atomic E-state index is 13.9. The summed E-state index contributed by atoms with van der Waals surface area (Å²) in [6.45, 7) is 0. The molecule has 0 atom stereocenters. The van der Waals surface area contributed by atoms with Crippen LogP contribution in [0.25, 0.3) is 11.1 Å². The fourth-order valence-corrected chi connectivity index (χ4v) is 4.10. The summed E-state index contributed by atoms with van der Waals surface area (Å²) in [6, 6.07) is 28.1. The number of hydrogen-bond donors (Lipinski definition) is 2. The lowest BCUT2D eigenvalue weighted by molar-refractivity contribution is -0.115. The molecule has 35 heavy (non-hydrogen) atoms. The van der Waals surface area contributed by atoms with E-state index >= 15 is 0 Å². The Bertz CT molecular complexity index is 1380. The van der Waals surface area contributed by atoms with Crippen molar-refractivity contribution in [3.05, 3.63) is 108 Å². The number of thiol groups is 1. The number of nitrogens with one attached hydrogen (secondary N) is 2. The van der Waals surface area contributed by atoms with Gasteiger partial charge in [0.15, 0.2) is 4.90 Å². The van der Waals surface area contributed by atoms with Crippen LogP contribution in [0.4, 0.5) is 10.1 Å². The number of nitrogens with zero attached hydrogens (tertiary/aromatic N) is 1. The number of carbonyl (C=O) groups is 1. The van der Waals surface area contributed by atoms with Crippen molar-refractivity contribution in [1.82, 2.24) is 4.72 Å². The second-order valence-corrected chi connectivity index (χ2v) is 8.88. The SMILES string of the molecule is CN[SH+]c1ccc(CC(=O)Nc2ccc(-c3cccc(F)c3)c(Oc3cccc(C#N)c3)c2)cc1. The van der Waals surface area contributed by atoms with Gasteiger partial charge in [-0.25, -0.2) is 4.39 Å². The van der Waals surface area contributed by atoms with Gasteiger partial charge in [0.25, 0.3) is 0 Å². The van der Waals surface area contributed by atoms with E-state index in [1.165, 1.54) is 12.1 Å². The Hall–Kier alpha value is -4.12. The molecule has 0 aromatic heterocycles. The number of ether oxygens (including phenoxy) is 1. The molecular weight excluding hydrogens is 461 g/mol. The lowest BCUT2D eigenvalue weighted by Gasteiger charge is -2.14. The minimum absolute atomic E-state index is 0.167. The zero-order chi connectivity index (χ0) is 24.6. The normalized spacial score (nSPS) is 10.4. The lowest BCUT2D eigenvalue weighted by atomic mass is 10.0. The molecule has 0 aliphatic carbocycles. The molecule has 2 N–H and O–H groups in total. The highest BCUT2D eigenvalue weighted by atomic mass is 32.2. The smallest absolute Gasteiger partial charge is 0.228 e. The van der Waals surface area contributed by atoms with Gasteiger partial charge in [0, 0.05) is 24.4 Å². The van der Waals surface area contributed by atoms with Crippen LogP contribution in [-0.2, 0) is 23.2 Å². The first-order valence-corrected chi connectivity index (χ1v) is 11.8. The van der Waals surface area contributed by atoms with Crippen LogP contribution >= 0.6 is 0 Å². The van der Waals surface area contributed by atoms with Crippen LogP contribution in [0.15, 0.2) is 95.9 Å². The van der Waals surface area contributed by atoms with Gasteiger partial charge in [-0.15, -0.1) is 4.72 Å². The van der Waals surface area contributed by atoms with Crippen molar-refractivity contribution >= 4 is 23.5 Å². The molecule has 0 unspecified atom stereocenters. The number of hydrogen-bond acceptors (Lipinski definition) is 4. The van der Waals surface area contributed by atoms with Crippen molar-refractivity contribution in [2.75, 3.05) is 12.4 Å². The number of anilines is 1. The number of amides is 1. The molecular formula is C28H23FN3O2S+. The molecule has 0 aliphatic heterocycles. The zero-order valence-corrected chi connectivity index (χ0v) is 19.9. The minimum Gasteiger partial charge on any atom is -0.457 e. The van der Waals surface area contributed by atoms with Gasteiger partial charge < -0.3 is 10.1 Å². The Morgan fingerprint density at radius 2 is 1.80 bits per heavy atom. The largest absolute Gasteiger partial charge is 0.457 e. The van der Waals surface area contributed by atoms with Gasteiger partial charge in [0.2, 0.25) is 5.91 Å².